The van der Waals surface area contributed by atoms with Gasteiger partial charge in [0.1, 0.15) is 5.60 Å². The van der Waals surface area contributed by atoms with Gasteiger partial charge in [-0.1, -0.05) is 20.3 Å². The van der Waals surface area contributed by atoms with Crippen molar-refractivity contribution >= 4 is 6.09 Å². The Labute approximate surface area is 93.6 Å². The molecular formula is C12H24NO2. The number of rotatable bonds is 4. The van der Waals surface area contributed by atoms with Crippen LogP contribution in [-0.4, -0.2) is 17.2 Å². The largest absolute Gasteiger partial charge is 0.444 e. The Balaban J connectivity index is 4.24. The van der Waals surface area contributed by atoms with Crippen LogP contribution in [0.4, 0.5) is 4.79 Å². The highest BCUT2D eigenvalue weighted by Crippen LogP contribution is 2.17. The first-order valence-corrected chi connectivity index (χ1v) is 5.53. The van der Waals surface area contributed by atoms with E-state index in [0.29, 0.717) is 0 Å². The standard InChI is InChI=1S/C12H24NO2/c1-7-9-12(6,8-2)13-10(14)15-11(3,4)5/h1,7-9H2,2-6H3,(H,13,14)/t12-/m0/s1. The quantitative estimate of drug-likeness (QED) is 0.779. The van der Waals surface area contributed by atoms with E-state index in [0.717, 1.165) is 19.3 Å². The number of amides is 1. The third-order valence-electron chi connectivity index (χ3n) is 2.31. The molecule has 15 heavy (non-hydrogen) atoms. The molecule has 0 aromatic carbocycles. The molecule has 3 nitrogen and oxygen atoms in total. The summed E-state index contributed by atoms with van der Waals surface area (Å²) in [7, 11) is 0. The van der Waals surface area contributed by atoms with Gasteiger partial charge in [0.05, 0.1) is 0 Å². The summed E-state index contributed by atoms with van der Waals surface area (Å²) in [5.74, 6) is 0. The maximum atomic E-state index is 11.6. The molecule has 0 heterocycles. The first kappa shape index (κ1) is 14.3. The number of carbonyl (C=O) groups excluding carboxylic acids is 1. The van der Waals surface area contributed by atoms with E-state index in [-0.39, 0.29) is 11.6 Å². The van der Waals surface area contributed by atoms with Crippen LogP contribution in [0.3, 0.4) is 0 Å². The molecule has 1 radical (unpaired) electrons. The van der Waals surface area contributed by atoms with Crippen LogP contribution in [0.5, 0.6) is 0 Å². The fourth-order valence-corrected chi connectivity index (χ4v) is 1.27. The van der Waals surface area contributed by atoms with Gasteiger partial charge in [-0.25, -0.2) is 4.79 Å². The van der Waals surface area contributed by atoms with E-state index >= 15 is 0 Å². The van der Waals surface area contributed by atoms with Gasteiger partial charge in [0.15, 0.2) is 0 Å². The molecule has 0 aliphatic rings. The van der Waals surface area contributed by atoms with Crippen molar-refractivity contribution < 1.29 is 9.53 Å². The summed E-state index contributed by atoms with van der Waals surface area (Å²) >= 11 is 0. The van der Waals surface area contributed by atoms with Crippen LogP contribution < -0.4 is 5.32 Å². The molecule has 89 valence electrons. The SMILES string of the molecule is [CH2]CC[C@](C)(CC)NC(=O)OC(C)(C)C. The minimum Gasteiger partial charge on any atom is -0.444 e. The van der Waals surface area contributed by atoms with Gasteiger partial charge >= 0.3 is 6.09 Å². The monoisotopic (exact) mass is 214 g/mol. The average molecular weight is 214 g/mol. The molecule has 0 unspecified atom stereocenters. The second-order valence-electron chi connectivity index (χ2n) is 5.14. The Kier molecular flexibility index (Phi) is 5.12. The van der Waals surface area contributed by atoms with E-state index in [2.05, 4.69) is 12.2 Å². The lowest BCUT2D eigenvalue weighted by Gasteiger charge is -2.30. The zero-order chi connectivity index (χ0) is 12.1. The Morgan fingerprint density at radius 1 is 1.33 bits per heavy atom. The van der Waals surface area contributed by atoms with Crippen molar-refractivity contribution in [3.8, 4) is 0 Å². The first-order chi connectivity index (χ1) is 6.72. The molecule has 0 fully saturated rings. The fraction of sp³-hybridized carbons (Fsp3) is 0.833. The predicted octanol–water partition coefficient (Wildman–Crippen LogP) is 3.29. The maximum absolute atomic E-state index is 11.6. The molecular weight excluding hydrogens is 190 g/mol. The number of carbonyl (C=O) groups is 1. The Morgan fingerprint density at radius 3 is 2.20 bits per heavy atom. The van der Waals surface area contributed by atoms with Gasteiger partial charge in [0, 0.05) is 5.54 Å². The highest BCUT2D eigenvalue weighted by Gasteiger charge is 2.26. The topological polar surface area (TPSA) is 38.3 Å². The average Bonchev–Trinajstić information content (AvgIpc) is 2.00. The molecule has 0 aliphatic carbocycles. The third-order valence-corrected chi connectivity index (χ3v) is 2.31. The third kappa shape index (κ3) is 6.37. The predicted molar refractivity (Wildman–Crippen MR) is 62.7 cm³/mol. The molecule has 1 amide bonds. The molecule has 1 N–H and O–H groups in total. The van der Waals surface area contributed by atoms with Gasteiger partial charge in [0.2, 0.25) is 0 Å². The molecule has 0 saturated carbocycles. The van der Waals surface area contributed by atoms with E-state index < -0.39 is 5.60 Å². The number of hydrogen-bond donors (Lipinski definition) is 1. The van der Waals surface area contributed by atoms with Crippen LogP contribution in [0.15, 0.2) is 0 Å². The molecule has 1 atom stereocenters. The van der Waals surface area contributed by atoms with E-state index in [1.165, 1.54) is 0 Å². The normalized spacial score (nSPS) is 15.6. The molecule has 0 bridgehead atoms. The van der Waals surface area contributed by atoms with E-state index in [1.54, 1.807) is 0 Å². The molecule has 0 aromatic rings. The number of nitrogens with one attached hydrogen (secondary N) is 1. The van der Waals surface area contributed by atoms with Gasteiger partial charge in [0.25, 0.3) is 0 Å². The Morgan fingerprint density at radius 2 is 1.87 bits per heavy atom. The maximum Gasteiger partial charge on any atom is 0.408 e. The smallest absolute Gasteiger partial charge is 0.408 e. The van der Waals surface area contributed by atoms with Crippen molar-refractivity contribution in [2.24, 2.45) is 0 Å². The van der Waals surface area contributed by atoms with Crippen LogP contribution in [0.2, 0.25) is 0 Å². The van der Waals surface area contributed by atoms with Crippen LogP contribution in [0, 0.1) is 6.92 Å². The van der Waals surface area contributed by atoms with E-state index in [1.807, 2.05) is 34.6 Å². The zero-order valence-corrected chi connectivity index (χ0v) is 10.6. The van der Waals surface area contributed by atoms with Crippen molar-refractivity contribution in [2.75, 3.05) is 0 Å². The first-order valence-electron chi connectivity index (χ1n) is 5.53. The van der Waals surface area contributed by atoms with Crippen LogP contribution in [0.25, 0.3) is 0 Å². The highest BCUT2D eigenvalue weighted by molar-refractivity contribution is 5.68. The van der Waals surface area contributed by atoms with Crippen molar-refractivity contribution in [3.63, 3.8) is 0 Å². The van der Waals surface area contributed by atoms with E-state index in [4.69, 9.17) is 4.74 Å². The van der Waals surface area contributed by atoms with Crippen LogP contribution >= 0.6 is 0 Å². The minimum atomic E-state index is -0.441. The molecule has 0 aliphatic heterocycles. The molecule has 3 heteroatoms. The Hall–Kier alpha value is -0.730. The van der Waals surface area contributed by atoms with Gasteiger partial charge in [-0.2, -0.15) is 0 Å². The Bertz CT molecular complexity index is 208. The molecule has 0 rings (SSSR count). The van der Waals surface area contributed by atoms with E-state index in [9.17, 15) is 4.79 Å². The lowest BCUT2D eigenvalue weighted by atomic mass is 9.93. The highest BCUT2D eigenvalue weighted by atomic mass is 16.6. The lowest BCUT2D eigenvalue weighted by Crippen LogP contribution is -2.47. The summed E-state index contributed by atoms with van der Waals surface area (Å²) in [6, 6.07) is 0. The van der Waals surface area contributed by atoms with Gasteiger partial charge < -0.3 is 10.1 Å². The summed E-state index contributed by atoms with van der Waals surface area (Å²) in [5.41, 5.74) is -0.646. The summed E-state index contributed by atoms with van der Waals surface area (Å²) in [6.07, 6.45) is 2.20. The zero-order valence-electron chi connectivity index (χ0n) is 10.6. The molecule has 0 aromatic heterocycles. The molecule has 0 spiro atoms. The molecule has 0 saturated heterocycles. The minimum absolute atomic E-state index is 0.204. The van der Waals surface area contributed by atoms with Crippen molar-refractivity contribution in [1.82, 2.24) is 5.32 Å². The van der Waals surface area contributed by atoms with Gasteiger partial charge in [-0.3, -0.25) is 0 Å². The summed E-state index contributed by atoms with van der Waals surface area (Å²) in [5, 5.41) is 2.90. The van der Waals surface area contributed by atoms with Crippen LogP contribution in [0.1, 0.15) is 53.9 Å². The van der Waals surface area contributed by atoms with Gasteiger partial charge in [-0.15, -0.1) is 0 Å². The van der Waals surface area contributed by atoms with Gasteiger partial charge in [-0.05, 0) is 40.5 Å². The summed E-state index contributed by atoms with van der Waals surface area (Å²) in [4.78, 5) is 11.6. The summed E-state index contributed by atoms with van der Waals surface area (Å²) in [6.45, 7) is 13.4. The fourth-order valence-electron chi connectivity index (χ4n) is 1.27. The second kappa shape index (κ2) is 5.38. The lowest BCUT2D eigenvalue weighted by molar-refractivity contribution is 0.0456. The van der Waals surface area contributed by atoms with Crippen molar-refractivity contribution in [1.29, 1.82) is 0 Å². The second-order valence-corrected chi connectivity index (χ2v) is 5.14. The van der Waals surface area contributed by atoms with Crippen molar-refractivity contribution in [3.05, 3.63) is 6.92 Å². The van der Waals surface area contributed by atoms with Crippen LogP contribution in [-0.2, 0) is 4.74 Å². The van der Waals surface area contributed by atoms with Crippen molar-refractivity contribution in [2.45, 2.75) is 65.0 Å². The number of hydrogen-bond acceptors (Lipinski definition) is 2. The number of ether oxygens (including phenoxy) is 1. The summed E-state index contributed by atoms with van der Waals surface area (Å²) < 4.78 is 5.21. The number of alkyl carbamates (subject to hydrolysis) is 1.